The molecule has 0 aliphatic heterocycles. The first-order chi connectivity index (χ1) is 10.9. The molecular weight excluding hydrogens is 355 g/mol. The lowest BCUT2D eigenvalue weighted by atomic mass is 10.3. The van der Waals surface area contributed by atoms with Crippen molar-refractivity contribution in [1.82, 2.24) is 5.09 Å². The second kappa shape index (κ2) is 7.47. The first kappa shape index (κ1) is 18.6. The van der Waals surface area contributed by atoms with Gasteiger partial charge in [-0.25, -0.2) is 13.5 Å². The second-order valence-electron chi connectivity index (χ2n) is 5.24. The van der Waals surface area contributed by atoms with Gasteiger partial charge in [0.25, 0.3) is 0 Å². The van der Waals surface area contributed by atoms with Crippen molar-refractivity contribution in [2.75, 3.05) is 24.0 Å². The molecule has 1 N–H and O–H groups in total. The van der Waals surface area contributed by atoms with Crippen LogP contribution in [0.3, 0.4) is 0 Å². The minimum Gasteiger partial charge on any atom is -0.495 e. The van der Waals surface area contributed by atoms with Gasteiger partial charge in [-0.2, -0.15) is 4.08 Å². The Morgan fingerprint density at radius 2 is 2.04 bits per heavy atom. The summed E-state index contributed by atoms with van der Waals surface area (Å²) in [6.07, 6.45) is 2.02. The molecule has 2 rings (SSSR count). The summed E-state index contributed by atoms with van der Waals surface area (Å²) in [7, 11) is -0.694. The molecule has 1 aromatic rings. The fourth-order valence-electron chi connectivity index (χ4n) is 2.15. The number of methoxy groups -OCH3 is 1. The molecule has 9 heteroatoms. The van der Waals surface area contributed by atoms with Crippen LogP contribution in [0.15, 0.2) is 24.3 Å². The fourth-order valence-corrected chi connectivity index (χ4v) is 10.2. The summed E-state index contributed by atoms with van der Waals surface area (Å²) in [5.74, 6) is 0.994. The average molecular weight is 378 g/mol. The Morgan fingerprint density at radius 1 is 1.39 bits per heavy atom. The predicted octanol–water partition coefficient (Wildman–Crippen LogP) is 3.46. The van der Waals surface area contributed by atoms with Gasteiger partial charge in [0.15, 0.2) is 0 Å². The molecule has 1 aromatic carbocycles. The van der Waals surface area contributed by atoms with Gasteiger partial charge in [0.05, 0.1) is 12.4 Å². The number of nitrogens with zero attached hydrogens (tertiary/aromatic N) is 1. The van der Waals surface area contributed by atoms with Gasteiger partial charge in [-0.3, -0.25) is 4.57 Å². The van der Waals surface area contributed by atoms with Crippen molar-refractivity contribution in [3.05, 3.63) is 24.3 Å². The number of para-hydroxylation sites is 2. The molecule has 0 saturated heterocycles. The Bertz CT molecular complexity index is 692. The maximum Gasteiger partial charge on any atom is 0.305 e. The number of nitrogens with one attached hydrogen (secondary N) is 1. The first-order valence-corrected chi connectivity index (χ1v) is 12.3. The third-order valence-electron chi connectivity index (χ3n) is 3.47. The molecule has 0 aromatic heterocycles. The molecule has 1 atom stereocenters. The molecule has 0 heterocycles. The summed E-state index contributed by atoms with van der Waals surface area (Å²) in [5, 5.41) is 2.30. The van der Waals surface area contributed by atoms with E-state index < -0.39 is 21.9 Å². The first-order valence-electron chi connectivity index (χ1n) is 7.52. The van der Waals surface area contributed by atoms with Gasteiger partial charge in [-0.05, 0) is 38.4 Å². The molecule has 6 nitrogen and oxygen atoms in total. The summed E-state index contributed by atoms with van der Waals surface area (Å²) in [5.41, 5.74) is 0.322. The molecule has 0 bridgehead atoms. The highest BCUT2D eigenvalue weighted by Crippen LogP contribution is 2.63. The van der Waals surface area contributed by atoms with Gasteiger partial charge in [0.2, 0.25) is 10.0 Å². The molecule has 1 unspecified atom stereocenters. The zero-order valence-corrected chi connectivity index (χ0v) is 16.1. The molecule has 0 spiro atoms. The Labute approximate surface area is 142 Å². The Morgan fingerprint density at radius 3 is 2.57 bits per heavy atom. The van der Waals surface area contributed by atoms with E-state index in [-0.39, 0.29) is 0 Å². The number of ether oxygens (including phenoxy) is 1. The minimum absolute atomic E-state index is 0.322. The molecule has 23 heavy (non-hydrogen) atoms. The highest BCUT2D eigenvalue weighted by atomic mass is 32.7. The van der Waals surface area contributed by atoms with Crippen LogP contribution >= 0.6 is 18.0 Å². The summed E-state index contributed by atoms with van der Waals surface area (Å²) in [4.78, 5) is 0. The van der Waals surface area contributed by atoms with Gasteiger partial charge in [-0.1, -0.05) is 30.4 Å². The van der Waals surface area contributed by atoms with E-state index in [1.54, 1.807) is 24.3 Å². The molecule has 0 amide bonds. The van der Waals surface area contributed by atoms with Crippen molar-refractivity contribution < 1.29 is 17.7 Å². The SMILES string of the molecule is CCCSP(=O)(NC)N(c1ccccc1OC)S(=O)(=O)C1CC1. The van der Waals surface area contributed by atoms with Gasteiger partial charge in [0.1, 0.15) is 11.4 Å². The van der Waals surface area contributed by atoms with E-state index in [9.17, 15) is 13.0 Å². The van der Waals surface area contributed by atoms with Crippen molar-refractivity contribution in [1.29, 1.82) is 0 Å². The van der Waals surface area contributed by atoms with E-state index in [1.807, 2.05) is 6.92 Å². The topological polar surface area (TPSA) is 75.7 Å². The van der Waals surface area contributed by atoms with Gasteiger partial charge in [-0.15, -0.1) is 0 Å². The zero-order chi connectivity index (χ0) is 17.1. The van der Waals surface area contributed by atoms with Crippen molar-refractivity contribution in [2.45, 2.75) is 31.4 Å². The van der Waals surface area contributed by atoms with Crippen LogP contribution in [-0.2, 0) is 14.6 Å². The quantitative estimate of drug-likeness (QED) is 0.663. The van der Waals surface area contributed by atoms with Crippen LogP contribution in [0.4, 0.5) is 5.69 Å². The smallest absolute Gasteiger partial charge is 0.305 e. The van der Waals surface area contributed by atoms with Crippen LogP contribution in [-0.4, -0.2) is 33.6 Å². The number of hydrogen-bond acceptors (Lipinski definition) is 5. The van der Waals surface area contributed by atoms with Crippen molar-refractivity contribution in [2.24, 2.45) is 0 Å². The lowest BCUT2D eigenvalue weighted by molar-refractivity contribution is 0.416. The van der Waals surface area contributed by atoms with Crippen molar-refractivity contribution in [3.8, 4) is 5.75 Å². The number of hydrogen-bond donors (Lipinski definition) is 1. The third kappa shape index (κ3) is 3.87. The highest BCUT2D eigenvalue weighted by molar-refractivity contribution is 8.59. The Kier molecular flexibility index (Phi) is 6.05. The third-order valence-corrected chi connectivity index (χ3v) is 12.0. The fraction of sp³-hybridized carbons (Fsp3) is 0.571. The van der Waals surface area contributed by atoms with Crippen LogP contribution in [0.5, 0.6) is 5.75 Å². The molecule has 130 valence electrons. The molecular formula is C14H23N2O4PS2. The Hall–Kier alpha value is -0.690. The predicted molar refractivity (Wildman–Crippen MR) is 96.8 cm³/mol. The van der Waals surface area contributed by atoms with E-state index in [2.05, 4.69) is 5.09 Å². The molecule has 1 saturated carbocycles. The van der Waals surface area contributed by atoms with E-state index >= 15 is 0 Å². The van der Waals surface area contributed by atoms with E-state index in [0.717, 1.165) is 21.9 Å². The van der Waals surface area contributed by atoms with Gasteiger partial charge in [0, 0.05) is 5.75 Å². The summed E-state index contributed by atoms with van der Waals surface area (Å²) in [6.45, 7) is -1.42. The maximum absolute atomic E-state index is 13.4. The van der Waals surface area contributed by atoms with Crippen LogP contribution in [0.2, 0.25) is 0 Å². The normalized spacial score (nSPS) is 17.5. The highest BCUT2D eigenvalue weighted by Gasteiger charge is 2.48. The van der Waals surface area contributed by atoms with E-state index in [0.29, 0.717) is 30.0 Å². The van der Waals surface area contributed by atoms with Crippen LogP contribution in [0.25, 0.3) is 0 Å². The van der Waals surface area contributed by atoms with Gasteiger partial charge >= 0.3 is 6.65 Å². The molecule has 1 aliphatic rings. The van der Waals surface area contributed by atoms with Crippen LogP contribution in [0.1, 0.15) is 26.2 Å². The number of rotatable bonds is 9. The largest absolute Gasteiger partial charge is 0.495 e. The standard InChI is InChI=1S/C14H23N2O4PS2/c1-4-11-22-21(17,15-2)16(23(18,19)12-9-10-12)13-7-5-6-8-14(13)20-3/h5-8,12H,4,9-11H2,1-3H3,(H,15,17). The molecule has 1 fully saturated rings. The number of anilines is 1. The lowest BCUT2D eigenvalue weighted by Gasteiger charge is -2.32. The van der Waals surface area contributed by atoms with E-state index in [4.69, 9.17) is 4.74 Å². The summed E-state index contributed by atoms with van der Waals surface area (Å²) in [6, 6.07) is 6.79. The average Bonchev–Trinajstić information content (AvgIpc) is 3.38. The zero-order valence-electron chi connectivity index (χ0n) is 13.6. The van der Waals surface area contributed by atoms with Crippen molar-refractivity contribution >= 4 is 33.7 Å². The summed E-state index contributed by atoms with van der Waals surface area (Å²) < 4.78 is 45.8. The monoisotopic (exact) mass is 378 g/mol. The Balaban J connectivity index is 2.58. The van der Waals surface area contributed by atoms with Gasteiger partial charge < -0.3 is 4.74 Å². The maximum atomic E-state index is 13.4. The molecule has 0 radical (unpaired) electrons. The summed E-state index contributed by atoms with van der Waals surface area (Å²) >= 11 is 1.15. The number of benzene rings is 1. The lowest BCUT2D eigenvalue weighted by Crippen LogP contribution is -2.34. The van der Waals surface area contributed by atoms with Crippen LogP contribution in [0, 0.1) is 0 Å². The van der Waals surface area contributed by atoms with Crippen LogP contribution < -0.4 is 13.9 Å². The number of sulfonamides is 1. The molecule has 1 aliphatic carbocycles. The second-order valence-corrected chi connectivity index (χ2v) is 12.4. The van der Waals surface area contributed by atoms with E-state index in [1.165, 1.54) is 14.2 Å². The van der Waals surface area contributed by atoms with Crippen molar-refractivity contribution in [3.63, 3.8) is 0 Å². The minimum atomic E-state index is -3.71.